The highest BCUT2D eigenvalue weighted by molar-refractivity contribution is 7.02. The van der Waals surface area contributed by atoms with Gasteiger partial charge in [0.05, 0.1) is 22.1 Å². The highest BCUT2D eigenvalue weighted by Crippen LogP contribution is 2.55. The summed E-state index contributed by atoms with van der Waals surface area (Å²) >= 11 is 0. The predicted molar refractivity (Wildman–Crippen MR) is 270 cm³/mol. The molecule has 306 valence electrons. The Labute approximate surface area is 379 Å². The van der Waals surface area contributed by atoms with Gasteiger partial charge in [-0.15, -0.1) is 0 Å². The van der Waals surface area contributed by atoms with Crippen LogP contribution in [0.3, 0.4) is 0 Å². The monoisotopic (exact) mass is 846 g/mol. The zero-order chi connectivity index (χ0) is 43.3. The van der Waals surface area contributed by atoms with Crippen molar-refractivity contribution in [3.05, 3.63) is 241 Å². The number of hydrogen-bond donors (Lipinski definition) is 0. The number of aromatic nitrogens is 4. The van der Waals surface area contributed by atoms with Gasteiger partial charge in [-0.25, -0.2) is 15.0 Å². The van der Waals surface area contributed by atoms with Crippen molar-refractivity contribution < 1.29 is 0 Å². The first-order valence-corrected chi connectivity index (χ1v) is 25.4. The smallest absolute Gasteiger partial charge is 0.164 e. The van der Waals surface area contributed by atoms with Crippen LogP contribution in [0.2, 0.25) is 13.1 Å². The first-order chi connectivity index (χ1) is 32.0. The van der Waals surface area contributed by atoms with Gasteiger partial charge in [-0.1, -0.05) is 213 Å². The fraction of sp³-hybridized carbons (Fsp3) is 0.0500. The molecule has 1 unspecified atom stereocenters. The zero-order valence-electron chi connectivity index (χ0n) is 36.1. The van der Waals surface area contributed by atoms with Gasteiger partial charge in [0.15, 0.2) is 17.5 Å². The van der Waals surface area contributed by atoms with Crippen molar-refractivity contribution in [1.29, 1.82) is 0 Å². The molecule has 9 aromatic carbocycles. The van der Waals surface area contributed by atoms with Gasteiger partial charge in [-0.05, 0) is 73.1 Å². The molecular weight excluding hydrogens is 805 g/mol. The molecule has 1 atom stereocenters. The molecule has 5 heteroatoms. The van der Waals surface area contributed by atoms with Crippen molar-refractivity contribution >= 4 is 40.3 Å². The van der Waals surface area contributed by atoms with Crippen molar-refractivity contribution in [1.82, 2.24) is 19.5 Å². The molecule has 4 nitrogen and oxygen atoms in total. The maximum Gasteiger partial charge on any atom is 0.164 e. The van der Waals surface area contributed by atoms with E-state index in [1.165, 1.54) is 71.2 Å². The Bertz CT molecular complexity index is 3690. The Balaban J connectivity index is 1.03. The molecule has 65 heavy (non-hydrogen) atoms. The van der Waals surface area contributed by atoms with Gasteiger partial charge >= 0.3 is 0 Å². The lowest BCUT2D eigenvalue weighted by Gasteiger charge is -2.50. The minimum atomic E-state index is -2.38. The van der Waals surface area contributed by atoms with Gasteiger partial charge in [-0.2, -0.15) is 0 Å². The standard InChI is InChI=1S/C60H42N4Si/c1-65(2)54-33-14-11-28-49(54)60(48-27-10-13-32-53(48)64-52-31-12-9-24-46(52)47-26-17-29-50(60)55(47)64)51-30-16-25-45(56(51)65)43-22-15-23-44(38-43)59-62-57(41-20-7-4-8-21-41)61-58(63-59)42-36-34-40(35-37-42)39-18-5-3-6-19-39/h3-38H,1-2H3. The summed E-state index contributed by atoms with van der Waals surface area (Å²) in [6.07, 6.45) is 0. The Morgan fingerprint density at radius 3 is 1.68 bits per heavy atom. The maximum atomic E-state index is 5.22. The van der Waals surface area contributed by atoms with Crippen LogP contribution in [0.25, 0.3) is 83.9 Å². The molecule has 0 saturated heterocycles. The third-order valence-electron chi connectivity index (χ3n) is 14.1. The number of benzene rings is 9. The van der Waals surface area contributed by atoms with Crippen molar-refractivity contribution in [3.63, 3.8) is 0 Å². The second-order valence-electron chi connectivity index (χ2n) is 17.9. The SMILES string of the molecule is C[Si]1(C)c2ccccc2C2(c3ccccc3-n3c4ccccc4c4cccc2c43)c2cccc(-c3cccc(-c4nc(-c5ccccc5)nc(-c5ccc(-c6ccccc6)cc5)n4)c3)c21. The third kappa shape index (κ3) is 5.46. The normalized spacial score (nSPS) is 15.4. The summed E-state index contributed by atoms with van der Waals surface area (Å²) in [7, 11) is -2.38. The second-order valence-corrected chi connectivity index (χ2v) is 22.2. The summed E-state index contributed by atoms with van der Waals surface area (Å²) in [5.41, 5.74) is 16.2. The first kappa shape index (κ1) is 37.6. The molecule has 1 spiro atoms. The second kappa shape index (κ2) is 14.3. The fourth-order valence-electron chi connectivity index (χ4n) is 11.3. The van der Waals surface area contributed by atoms with Gasteiger partial charge in [0.25, 0.3) is 0 Å². The summed E-state index contributed by atoms with van der Waals surface area (Å²) in [4.78, 5) is 15.5. The molecule has 0 bridgehead atoms. The van der Waals surface area contributed by atoms with Crippen molar-refractivity contribution in [3.8, 4) is 62.1 Å². The van der Waals surface area contributed by atoms with E-state index in [-0.39, 0.29) is 0 Å². The highest BCUT2D eigenvalue weighted by Gasteiger charge is 2.53. The van der Waals surface area contributed by atoms with E-state index in [1.54, 1.807) is 0 Å². The average Bonchev–Trinajstić information content (AvgIpc) is 3.72. The van der Waals surface area contributed by atoms with E-state index in [4.69, 9.17) is 15.0 Å². The quantitative estimate of drug-likeness (QED) is 0.162. The molecule has 11 aromatic rings. The van der Waals surface area contributed by atoms with Crippen LogP contribution in [0, 0.1) is 0 Å². The lowest BCUT2D eigenvalue weighted by molar-refractivity contribution is 0.732. The highest BCUT2D eigenvalue weighted by atomic mass is 28.3. The molecule has 0 radical (unpaired) electrons. The number of rotatable bonds is 5. The molecular formula is C60H42N4Si. The van der Waals surface area contributed by atoms with Crippen molar-refractivity contribution in [2.24, 2.45) is 0 Å². The Morgan fingerprint density at radius 1 is 0.385 bits per heavy atom. The largest absolute Gasteiger partial charge is 0.309 e. The van der Waals surface area contributed by atoms with Crippen LogP contribution in [0.1, 0.15) is 22.3 Å². The van der Waals surface area contributed by atoms with Crippen molar-refractivity contribution in [2.75, 3.05) is 0 Å². The molecule has 0 fully saturated rings. The molecule has 4 heterocycles. The van der Waals surface area contributed by atoms with E-state index >= 15 is 0 Å². The van der Waals surface area contributed by atoms with Gasteiger partial charge in [0.1, 0.15) is 8.07 Å². The van der Waals surface area contributed by atoms with E-state index in [2.05, 4.69) is 212 Å². The molecule has 0 N–H and O–H groups in total. The van der Waals surface area contributed by atoms with Crippen LogP contribution in [0.5, 0.6) is 0 Å². The lowest BCUT2D eigenvalue weighted by atomic mass is 9.62. The Morgan fingerprint density at radius 2 is 0.892 bits per heavy atom. The summed E-state index contributed by atoms with van der Waals surface area (Å²) in [5, 5.41) is 5.50. The van der Waals surface area contributed by atoms with Crippen LogP contribution >= 0.6 is 0 Å². The fourth-order valence-corrected chi connectivity index (χ4v) is 14.9. The van der Waals surface area contributed by atoms with Gasteiger partial charge in [0.2, 0.25) is 0 Å². The van der Waals surface area contributed by atoms with E-state index < -0.39 is 13.5 Å². The molecule has 2 aliphatic rings. The van der Waals surface area contributed by atoms with Crippen molar-refractivity contribution in [2.45, 2.75) is 18.5 Å². The van der Waals surface area contributed by atoms with Gasteiger partial charge in [-0.3, -0.25) is 0 Å². The molecule has 0 amide bonds. The Hall–Kier alpha value is -7.99. The van der Waals surface area contributed by atoms with Gasteiger partial charge in [0, 0.05) is 27.5 Å². The van der Waals surface area contributed by atoms with E-state index in [0.29, 0.717) is 17.5 Å². The summed E-state index contributed by atoms with van der Waals surface area (Å²) in [6.45, 7) is 5.09. The summed E-state index contributed by atoms with van der Waals surface area (Å²) in [5.74, 6) is 1.94. The van der Waals surface area contributed by atoms with E-state index in [0.717, 1.165) is 27.8 Å². The number of para-hydroxylation sites is 3. The maximum absolute atomic E-state index is 5.22. The predicted octanol–water partition coefficient (Wildman–Crippen LogP) is 13.1. The topological polar surface area (TPSA) is 43.6 Å². The van der Waals surface area contributed by atoms with Gasteiger partial charge < -0.3 is 4.57 Å². The number of fused-ring (bicyclic) bond motifs is 11. The van der Waals surface area contributed by atoms with E-state index in [9.17, 15) is 0 Å². The summed E-state index contributed by atoms with van der Waals surface area (Å²) in [6, 6.07) is 79.6. The molecule has 2 aromatic heterocycles. The molecule has 13 rings (SSSR count). The summed E-state index contributed by atoms with van der Waals surface area (Å²) < 4.78 is 2.53. The molecule has 0 saturated carbocycles. The van der Waals surface area contributed by atoms with Crippen LogP contribution in [0.15, 0.2) is 218 Å². The lowest BCUT2D eigenvalue weighted by Crippen LogP contribution is -2.64. The van der Waals surface area contributed by atoms with E-state index in [1.807, 2.05) is 24.3 Å². The van der Waals surface area contributed by atoms with Crippen LogP contribution in [-0.2, 0) is 5.41 Å². The number of nitrogens with zero attached hydrogens (tertiary/aromatic N) is 4. The zero-order valence-corrected chi connectivity index (χ0v) is 37.1. The minimum Gasteiger partial charge on any atom is -0.309 e. The van der Waals surface area contributed by atoms with Crippen LogP contribution in [0.4, 0.5) is 0 Å². The molecule has 2 aliphatic heterocycles. The van der Waals surface area contributed by atoms with Crippen LogP contribution in [-0.4, -0.2) is 27.6 Å². The third-order valence-corrected chi connectivity index (χ3v) is 17.7. The Kier molecular flexibility index (Phi) is 8.24. The minimum absolute atomic E-state index is 0.549. The van der Waals surface area contributed by atoms with Crippen LogP contribution < -0.4 is 10.4 Å². The average molecular weight is 847 g/mol. The number of hydrogen-bond acceptors (Lipinski definition) is 3. The molecule has 0 aliphatic carbocycles. The first-order valence-electron chi connectivity index (χ1n) is 22.4.